The van der Waals surface area contributed by atoms with Crippen molar-refractivity contribution in [2.45, 2.75) is 0 Å². The Morgan fingerprint density at radius 3 is 2.77 bits per heavy atom. The predicted molar refractivity (Wildman–Crippen MR) is 118 cm³/mol. The predicted octanol–water partition coefficient (Wildman–Crippen LogP) is 4.93. The van der Waals surface area contributed by atoms with E-state index in [1.54, 1.807) is 24.3 Å². The van der Waals surface area contributed by atoms with Crippen molar-refractivity contribution in [1.29, 1.82) is 5.26 Å². The van der Waals surface area contributed by atoms with Crippen molar-refractivity contribution in [3.63, 3.8) is 0 Å². The molecule has 1 aromatic heterocycles. The molecule has 0 unspecified atom stereocenters. The highest BCUT2D eigenvalue weighted by Crippen LogP contribution is 2.29. The van der Waals surface area contributed by atoms with E-state index in [1.165, 1.54) is 24.5 Å². The Morgan fingerprint density at radius 1 is 1.27 bits per heavy atom. The summed E-state index contributed by atoms with van der Waals surface area (Å²) < 4.78 is 10.8. The number of rotatable bonds is 8. The summed E-state index contributed by atoms with van der Waals surface area (Å²) in [5, 5.41) is 14.4. The number of anilines is 1. The Morgan fingerprint density at radius 2 is 2.07 bits per heavy atom. The third-order valence-electron chi connectivity index (χ3n) is 4.01. The van der Waals surface area contributed by atoms with Gasteiger partial charge in [-0.1, -0.05) is 49.1 Å². The first-order valence-electron chi connectivity index (χ1n) is 9.00. The second kappa shape index (κ2) is 10.0. The minimum atomic E-state index is -0.530. The van der Waals surface area contributed by atoms with Crippen LogP contribution in [0.15, 0.2) is 72.1 Å². The summed E-state index contributed by atoms with van der Waals surface area (Å²) in [7, 11) is 1.52. The van der Waals surface area contributed by atoms with Gasteiger partial charge in [0.25, 0.3) is 5.91 Å². The molecule has 150 valence electrons. The summed E-state index contributed by atoms with van der Waals surface area (Å²) in [6.07, 6.45) is 3.12. The molecule has 0 radical (unpaired) electrons. The number of nitrogens with zero attached hydrogens (tertiary/aromatic N) is 2. The number of amides is 1. The Hall–Kier alpha value is -3.89. The lowest BCUT2D eigenvalue weighted by molar-refractivity contribution is -0.112. The number of methoxy groups -OCH3 is 1. The Balaban J connectivity index is 1.76. The van der Waals surface area contributed by atoms with Crippen LogP contribution in [0.1, 0.15) is 5.56 Å². The zero-order valence-corrected chi connectivity index (χ0v) is 17.1. The van der Waals surface area contributed by atoms with Crippen LogP contribution in [0, 0.1) is 11.3 Å². The van der Waals surface area contributed by atoms with Crippen molar-refractivity contribution >= 4 is 28.5 Å². The molecule has 3 aromatic rings. The molecule has 0 spiro atoms. The highest BCUT2D eigenvalue weighted by atomic mass is 32.1. The van der Waals surface area contributed by atoms with Crippen LogP contribution in [0.25, 0.3) is 17.3 Å². The van der Waals surface area contributed by atoms with Gasteiger partial charge in [0.15, 0.2) is 16.6 Å². The quantitative estimate of drug-likeness (QED) is 0.319. The maximum atomic E-state index is 12.6. The third kappa shape index (κ3) is 5.13. The fourth-order valence-corrected chi connectivity index (χ4v) is 3.31. The van der Waals surface area contributed by atoms with E-state index in [4.69, 9.17) is 9.47 Å². The van der Waals surface area contributed by atoms with Gasteiger partial charge < -0.3 is 9.47 Å². The molecule has 7 heteroatoms. The smallest absolute Gasteiger partial charge is 0.268 e. The van der Waals surface area contributed by atoms with Crippen molar-refractivity contribution in [2.75, 3.05) is 19.0 Å². The number of carbonyl (C=O) groups excluding carboxylic acids is 1. The summed E-state index contributed by atoms with van der Waals surface area (Å²) >= 11 is 1.30. The molecule has 0 aliphatic carbocycles. The van der Waals surface area contributed by atoms with Crippen LogP contribution >= 0.6 is 11.3 Å². The van der Waals surface area contributed by atoms with Crippen molar-refractivity contribution in [3.8, 4) is 28.8 Å². The van der Waals surface area contributed by atoms with Gasteiger partial charge in [0.1, 0.15) is 18.2 Å². The fraction of sp³-hybridized carbons (Fsp3) is 0.0870. The van der Waals surface area contributed by atoms with Crippen molar-refractivity contribution < 1.29 is 14.3 Å². The molecule has 0 aliphatic heterocycles. The van der Waals surface area contributed by atoms with E-state index >= 15 is 0 Å². The first-order valence-corrected chi connectivity index (χ1v) is 9.88. The summed E-state index contributed by atoms with van der Waals surface area (Å²) in [6, 6.07) is 16.7. The average molecular weight is 417 g/mol. The summed E-state index contributed by atoms with van der Waals surface area (Å²) in [4.78, 5) is 17.0. The maximum Gasteiger partial charge on any atom is 0.268 e. The Bertz CT molecular complexity index is 1110. The van der Waals surface area contributed by atoms with Crippen LogP contribution in [0.5, 0.6) is 11.5 Å². The SMILES string of the molecule is C=CCOc1ccc(C=C(C#N)C(=O)Nc2nc(-c3ccccc3)cs2)cc1OC. The van der Waals surface area contributed by atoms with E-state index in [0.717, 1.165) is 11.3 Å². The lowest BCUT2D eigenvalue weighted by Crippen LogP contribution is -2.13. The van der Waals surface area contributed by atoms with E-state index < -0.39 is 5.91 Å². The topological polar surface area (TPSA) is 84.2 Å². The molecule has 0 saturated heterocycles. The van der Waals surface area contributed by atoms with Gasteiger partial charge in [0.05, 0.1) is 12.8 Å². The highest BCUT2D eigenvalue weighted by Gasteiger charge is 2.13. The minimum Gasteiger partial charge on any atom is -0.493 e. The molecule has 1 heterocycles. The van der Waals surface area contributed by atoms with Crippen LogP contribution in [0.2, 0.25) is 0 Å². The van der Waals surface area contributed by atoms with Crippen LogP contribution in [0.3, 0.4) is 0 Å². The van der Waals surface area contributed by atoms with Gasteiger partial charge in [-0.3, -0.25) is 10.1 Å². The number of benzene rings is 2. The normalized spacial score (nSPS) is 10.7. The Labute approximate surface area is 178 Å². The fourth-order valence-electron chi connectivity index (χ4n) is 2.59. The number of thiazole rings is 1. The molecule has 2 aromatic carbocycles. The molecule has 0 saturated carbocycles. The average Bonchev–Trinajstić information content (AvgIpc) is 3.25. The van der Waals surface area contributed by atoms with E-state index in [1.807, 2.05) is 41.8 Å². The summed E-state index contributed by atoms with van der Waals surface area (Å²) in [6.45, 7) is 3.96. The molecular weight excluding hydrogens is 398 g/mol. The van der Waals surface area contributed by atoms with E-state index in [0.29, 0.717) is 28.8 Å². The van der Waals surface area contributed by atoms with Crippen molar-refractivity contribution in [2.24, 2.45) is 0 Å². The second-order valence-corrected chi connectivity index (χ2v) is 6.90. The number of hydrogen-bond acceptors (Lipinski definition) is 6. The van der Waals surface area contributed by atoms with Gasteiger partial charge in [-0.25, -0.2) is 4.98 Å². The van der Waals surface area contributed by atoms with Gasteiger partial charge in [-0.05, 0) is 23.8 Å². The molecular formula is C23H19N3O3S. The van der Waals surface area contributed by atoms with Crippen molar-refractivity contribution in [3.05, 3.63) is 77.7 Å². The standard InChI is InChI=1S/C23H19N3O3S/c1-3-11-29-20-10-9-16(13-21(20)28-2)12-18(14-24)22(27)26-23-25-19(15-30-23)17-7-5-4-6-8-17/h3-10,12-13,15H,1,11H2,2H3,(H,25,26,27). The second-order valence-electron chi connectivity index (χ2n) is 6.04. The molecule has 0 aliphatic rings. The number of aromatic nitrogens is 1. The number of carbonyl (C=O) groups is 1. The van der Waals surface area contributed by atoms with Crippen LogP contribution in [-0.4, -0.2) is 24.6 Å². The van der Waals surface area contributed by atoms with Crippen LogP contribution in [-0.2, 0) is 4.79 Å². The Kier molecular flexibility index (Phi) is 6.98. The maximum absolute atomic E-state index is 12.6. The van der Waals surface area contributed by atoms with Gasteiger partial charge in [0.2, 0.25) is 0 Å². The van der Waals surface area contributed by atoms with E-state index in [9.17, 15) is 10.1 Å². The lowest BCUT2D eigenvalue weighted by Gasteiger charge is -2.10. The molecule has 0 atom stereocenters. The first-order chi connectivity index (χ1) is 14.6. The van der Waals surface area contributed by atoms with Crippen LogP contribution < -0.4 is 14.8 Å². The molecule has 3 rings (SSSR count). The van der Waals surface area contributed by atoms with Crippen LogP contribution in [0.4, 0.5) is 5.13 Å². The molecule has 0 fully saturated rings. The van der Waals surface area contributed by atoms with Gasteiger partial charge in [-0.15, -0.1) is 11.3 Å². The summed E-state index contributed by atoms with van der Waals surface area (Å²) in [5.41, 5.74) is 2.30. The van der Waals surface area contributed by atoms with Gasteiger partial charge in [-0.2, -0.15) is 5.26 Å². The molecule has 0 bridgehead atoms. The van der Waals surface area contributed by atoms with Crippen molar-refractivity contribution in [1.82, 2.24) is 4.98 Å². The number of nitriles is 1. The zero-order valence-electron chi connectivity index (χ0n) is 16.3. The lowest BCUT2D eigenvalue weighted by atomic mass is 10.1. The number of nitrogens with one attached hydrogen (secondary N) is 1. The molecule has 1 amide bonds. The first kappa shape index (κ1) is 20.8. The van der Waals surface area contributed by atoms with Gasteiger partial charge in [0, 0.05) is 10.9 Å². The number of ether oxygens (including phenoxy) is 2. The number of hydrogen-bond donors (Lipinski definition) is 1. The summed E-state index contributed by atoms with van der Waals surface area (Å²) in [5.74, 6) is 0.516. The molecule has 30 heavy (non-hydrogen) atoms. The van der Waals surface area contributed by atoms with E-state index in [2.05, 4.69) is 16.9 Å². The zero-order chi connectivity index (χ0) is 21.3. The molecule has 1 N–H and O–H groups in total. The van der Waals surface area contributed by atoms with Gasteiger partial charge >= 0.3 is 0 Å². The van der Waals surface area contributed by atoms with E-state index in [-0.39, 0.29) is 5.57 Å². The third-order valence-corrected chi connectivity index (χ3v) is 4.77. The molecule has 6 nitrogen and oxygen atoms in total. The highest BCUT2D eigenvalue weighted by molar-refractivity contribution is 7.14. The monoisotopic (exact) mass is 417 g/mol. The minimum absolute atomic E-state index is 0.0479. The largest absolute Gasteiger partial charge is 0.493 e.